The largest absolute Gasteiger partial charge is 0.486 e. The van der Waals surface area contributed by atoms with Crippen LogP contribution in [0.3, 0.4) is 0 Å². The van der Waals surface area contributed by atoms with Crippen LogP contribution in [-0.2, 0) is 4.79 Å². The van der Waals surface area contributed by atoms with E-state index in [1.807, 2.05) is 0 Å². The van der Waals surface area contributed by atoms with Gasteiger partial charge in [0.15, 0.2) is 5.75 Å². The molecular weight excluding hydrogens is 345 g/mol. The third kappa shape index (κ3) is 6.21. The molecule has 1 aromatic carbocycles. The van der Waals surface area contributed by atoms with Crippen LogP contribution in [0, 0.1) is 10.1 Å². The van der Waals surface area contributed by atoms with E-state index in [2.05, 4.69) is 10.6 Å². The Labute approximate surface area is 145 Å². The van der Waals surface area contributed by atoms with E-state index >= 15 is 0 Å². The number of rotatable bonds is 6. The average molecular weight is 364 g/mol. The molecule has 0 unspecified atom stereocenters. The fraction of sp³-hybridized carbons (Fsp3) is 0.500. The van der Waals surface area contributed by atoms with Gasteiger partial charge in [-0.05, 0) is 38.1 Å². The lowest BCUT2D eigenvalue weighted by Crippen LogP contribution is -2.43. The summed E-state index contributed by atoms with van der Waals surface area (Å²) in [6, 6.07) is 4.37. The molecule has 2 rings (SSSR count). The summed E-state index contributed by atoms with van der Waals surface area (Å²) in [5, 5.41) is 17.3. The fourth-order valence-electron chi connectivity index (χ4n) is 2.28. The van der Waals surface area contributed by atoms with Crippen LogP contribution in [-0.4, -0.2) is 36.6 Å². The molecule has 2 N–H and O–H groups in total. The number of halogens is 2. The summed E-state index contributed by atoms with van der Waals surface area (Å²) in [6.45, 7) is 1.89. The number of carbonyl (C=O) groups excluding carboxylic acids is 1. The highest BCUT2D eigenvalue weighted by atomic mass is 35.5. The summed E-state index contributed by atoms with van der Waals surface area (Å²) in [5.41, 5.74) is -0.203. The van der Waals surface area contributed by atoms with Crippen molar-refractivity contribution in [2.75, 3.05) is 19.7 Å². The number of hydrogen-bond acceptors (Lipinski definition) is 5. The lowest BCUT2D eigenvalue weighted by atomic mass is 10.1. The molecule has 0 aromatic heterocycles. The Bertz CT molecular complexity index is 551. The lowest BCUT2D eigenvalue weighted by Gasteiger charge is -2.23. The summed E-state index contributed by atoms with van der Waals surface area (Å²) >= 11 is 5.72. The zero-order valence-corrected chi connectivity index (χ0v) is 14.0. The minimum Gasteiger partial charge on any atom is -0.486 e. The Kier molecular flexibility index (Phi) is 8.08. The third-order valence-electron chi connectivity index (χ3n) is 3.41. The molecular formula is C14H19Cl2N3O4. The van der Waals surface area contributed by atoms with Crippen LogP contribution < -0.4 is 15.4 Å². The first-order chi connectivity index (χ1) is 10.6. The molecule has 1 fully saturated rings. The highest BCUT2D eigenvalue weighted by molar-refractivity contribution is 6.30. The van der Waals surface area contributed by atoms with Crippen molar-refractivity contribution in [3.63, 3.8) is 0 Å². The highest BCUT2D eigenvalue weighted by Gasteiger charge is 2.17. The van der Waals surface area contributed by atoms with Gasteiger partial charge in [0.2, 0.25) is 5.91 Å². The molecule has 0 saturated carbocycles. The van der Waals surface area contributed by atoms with Gasteiger partial charge in [-0.2, -0.15) is 0 Å². The van der Waals surface area contributed by atoms with E-state index in [9.17, 15) is 14.9 Å². The molecule has 1 aromatic rings. The number of nitrogens with one attached hydrogen (secondary N) is 2. The molecule has 23 heavy (non-hydrogen) atoms. The Morgan fingerprint density at radius 1 is 1.43 bits per heavy atom. The number of nitrogens with zero attached hydrogens (tertiary/aromatic N) is 1. The molecule has 128 valence electrons. The predicted octanol–water partition coefficient (Wildman–Crippen LogP) is 2.31. The number of ether oxygens (including phenoxy) is 1. The number of carbonyl (C=O) groups is 1. The summed E-state index contributed by atoms with van der Waals surface area (Å²) < 4.78 is 5.34. The minimum atomic E-state index is -0.559. The first-order valence-corrected chi connectivity index (χ1v) is 7.51. The molecule has 1 saturated heterocycles. The van der Waals surface area contributed by atoms with Gasteiger partial charge in [-0.15, -0.1) is 12.4 Å². The number of amides is 1. The molecule has 9 heteroatoms. The second-order valence-corrected chi connectivity index (χ2v) is 5.50. The van der Waals surface area contributed by atoms with Crippen LogP contribution in [0.1, 0.15) is 19.3 Å². The summed E-state index contributed by atoms with van der Waals surface area (Å²) in [4.78, 5) is 22.2. The standard InChI is InChI=1S/C14H18ClN3O4.ClH/c15-10-1-2-13(12(9-10)18(20)21)22-8-5-14(19)17-11-3-6-16-7-4-11;/h1-2,9,11,16H,3-8H2,(H,17,19);1H. The van der Waals surface area contributed by atoms with E-state index in [1.165, 1.54) is 18.2 Å². The van der Waals surface area contributed by atoms with Gasteiger partial charge in [0.1, 0.15) is 0 Å². The Hall–Kier alpha value is -1.57. The second kappa shape index (κ2) is 9.54. The SMILES string of the molecule is Cl.O=C(CCOc1ccc(Cl)cc1[N+](=O)[O-])NC1CCNCC1. The number of piperidine rings is 1. The normalized spacial score (nSPS) is 14.7. The number of nitro groups is 1. The van der Waals surface area contributed by atoms with Gasteiger partial charge in [0, 0.05) is 17.1 Å². The van der Waals surface area contributed by atoms with Gasteiger partial charge in [-0.1, -0.05) is 11.6 Å². The van der Waals surface area contributed by atoms with E-state index in [4.69, 9.17) is 16.3 Å². The first-order valence-electron chi connectivity index (χ1n) is 7.13. The Morgan fingerprint density at radius 3 is 2.78 bits per heavy atom. The molecule has 0 radical (unpaired) electrons. The first kappa shape index (κ1) is 19.5. The van der Waals surface area contributed by atoms with Crippen molar-refractivity contribution >= 4 is 35.6 Å². The molecule has 7 nitrogen and oxygen atoms in total. The fourth-order valence-corrected chi connectivity index (χ4v) is 2.44. The number of benzene rings is 1. The monoisotopic (exact) mass is 363 g/mol. The van der Waals surface area contributed by atoms with Crippen molar-refractivity contribution in [1.82, 2.24) is 10.6 Å². The van der Waals surface area contributed by atoms with Crippen molar-refractivity contribution in [1.29, 1.82) is 0 Å². The van der Waals surface area contributed by atoms with E-state index < -0.39 is 4.92 Å². The summed E-state index contributed by atoms with van der Waals surface area (Å²) in [5.74, 6) is 0.00702. The van der Waals surface area contributed by atoms with Gasteiger partial charge < -0.3 is 15.4 Å². The number of nitro benzene ring substituents is 1. The van der Waals surface area contributed by atoms with E-state index in [0.717, 1.165) is 25.9 Å². The Morgan fingerprint density at radius 2 is 2.13 bits per heavy atom. The highest BCUT2D eigenvalue weighted by Crippen LogP contribution is 2.29. The maximum absolute atomic E-state index is 11.8. The quantitative estimate of drug-likeness (QED) is 0.597. The second-order valence-electron chi connectivity index (χ2n) is 5.06. The molecule has 1 amide bonds. The number of hydrogen-bond donors (Lipinski definition) is 2. The van der Waals surface area contributed by atoms with Crippen LogP contribution in [0.4, 0.5) is 5.69 Å². The lowest BCUT2D eigenvalue weighted by molar-refractivity contribution is -0.385. The van der Waals surface area contributed by atoms with Gasteiger partial charge in [-0.3, -0.25) is 14.9 Å². The van der Waals surface area contributed by atoms with E-state index in [0.29, 0.717) is 0 Å². The van der Waals surface area contributed by atoms with Gasteiger partial charge in [0.25, 0.3) is 0 Å². The smallest absolute Gasteiger partial charge is 0.312 e. The van der Waals surface area contributed by atoms with Crippen molar-refractivity contribution in [2.45, 2.75) is 25.3 Å². The summed E-state index contributed by atoms with van der Waals surface area (Å²) in [6.07, 6.45) is 1.98. The molecule has 0 bridgehead atoms. The zero-order chi connectivity index (χ0) is 15.9. The van der Waals surface area contributed by atoms with Gasteiger partial charge in [-0.25, -0.2) is 0 Å². The molecule has 0 aliphatic carbocycles. The molecule has 1 heterocycles. The maximum atomic E-state index is 11.8. The van der Waals surface area contributed by atoms with Gasteiger partial charge in [0.05, 0.1) is 18.0 Å². The van der Waals surface area contributed by atoms with Crippen LogP contribution in [0.5, 0.6) is 5.75 Å². The van der Waals surface area contributed by atoms with Crippen molar-refractivity contribution in [3.8, 4) is 5.75 Å². The van der Waals surface area contributed by atoms with E-state index in [-0.39, 0.29) is 53.8 Å². The molecule has 1 aliphatic rings. The van der Waals surface area contributed by atoms with Crippen LogP contribution in [0.2, 0.25) is 5.02 Å². The van der Waals surface area contributed by atoms with Crippen molar-refractivity contribution < 1.29 is 14.5 Å². The molecule has 0 atom stereocenters. The molecule has 0 spiro atoms. The average Bonchev–Trinajstić information content (AvgIpc) is 2.49. The predicted molar refractivity (Wildman–Crippen MR) is 89.5 cm³/mol. The van der Waals surface area contributed by atoms with E-state index in [1.54, 1.807) is 0 Å². The topological polar surface area (TPSA) is 93.5 Å². The van der Waals surface area contributed by atoms with Gasteiger partial charge >= 0.3 is 5.69 Å². The maximum Gasteiger partial charge on any atom is 0.312 e. The van der Waals surface area contributed by atoms with Crippen LogP contribution >= 0.6 is 24.0 Å². The van der Waals surface area contributed by atoms with Crippen molar-refractivity contribution in [3.05, 3.63) is 33.3 Å². The molecule has 1 aliphatic heterocycles. The zero-order valence-electron chi connectivity index (χ0n) is 12.4. The van der Waals surface area contributed by atoms with Crippen LogP contribution in [0.25, 0.3) is 0 Å². The van der Waals surface area contributed by atoms with Crippen molar-refractivity contribution in [2.24, 2.45) is 0 Å². The minimum absolute atomic E-state index is 0. The van der Waals surface area contributed by atoms with Crippen LogP contribution in [0.15, 0.2) is 18.2 Å². The third-order valence-corrected chi connectivity index (χ3v) is 3.64. The Balaban J connectivity index is 0.00000264. The summed E-state index contributed by atoms with van der Waals surface area (Å²) in [7, 11) is 0.